The first-order valence-corrected chi connectivity index (χ1v) is 10.4. The summed E-state index contributed by atoms with van der Waals surface area (Å²) in [5.74, 6) is 0.541. The molecule has 0 aliphatic carbocycles. The molecule has 1 aliphatic rings. The van der Waals surface area contributed by atoms with Crippen LogP contribution < -0.4 is 4.74 Å². The largest absolute Gasteiger partial charge is 0.496 e. The van der Waals surface area contributed by atoms with E-state index in [-0.39, 0.29) is 17.4 Å². The SMILES string of the molecule is COc1ccc([N+](=O)[O-])cc1CN1CCCn2cccc2[C@@H]1c1cc([N+](=O)[O-])ccc1Cl. The van der Waals surface area contributed by atoms with Gasteiger partial charge in [-0.2, -0.15) is 0 Å². The maximum Gasteiger partial charge on any atom is 0.270 e. The Labute approximate surface area is 189 Å². The molecular formula is C22H21ClN4O5. The number of hydrogen-bond acceptors (Lipinski definition) is 6. The second-order valence-electron chi connectivity index (χ2n) is 7.57. The van der Waals surface area contributed by atoms with Gasteiger partial charge in [-0.25, -0.2) is 0 Å². The van der Waals surface area contributed by atoms with Crippen molar-refractivity contribution in [2.45, 2.75) is 25.6 Å². The Kier molecular flexibility index (Phi) is 6.11. The van der Waals surface area contributed by atoms with Crippen LogP contribution in [0.3, 0.4) is 0 Å². The molecule has 166 valence electrons. The number of benzene rings is 2. The number of nitro benzene ring substituents is 2. The summed E-state index contributed by atoms with van der Waals surface area (Å²) in [6.45, 7) is 1.80. The molecule has 0 radical (unpaired) electrons. The van der Waals surface area contributed by atoms with E-state index < -0.39 is 9.85 Å². The van der Waals surface area contributed by atoms with Crippen LogP contribution >= 0.6 is 11.6 Å². The van der Waals surface area contributed by atoms with E-state index in [9.17, 15) is 20.2 Å². The molecule has 0 amide bonds. The fourth-order valence-electron chi connectivity index (χ4n) is 4.24. The Bertz CT molecular complexity index is 1180. The van der Waals surface area contributed by atoms with E-state index >= 15 is 0 Å². The molecule has 1 atom stereocenters. The summed E-state index contributed by atoms with van der Waals surface area (Å²) in [6, 6.07) is 12.5. The highest BCUT2D eigenvalue weighted by Crippen LogP contribution is 2.39. The maximum atomic E-state index is 11.4. The van der Waals surface area contributed by atoms with Crippen molar-refractivity contribution >= 4 is 23.0 Å². The average molecular weight is 457 g/mol. The Morgan fingerprint density at radius 3 is 2.50 bits per heavy atom. The summed E-state index contributed by atoms with van der Waals surface area (Å²) in [7, 11) is 1.52. The number of fused-ring (bicyclic) bond motifs is 1. The highest BCUT2D eigenvalue weighted by molar-refractivity contribution is 6.31. The van der Waals surface area contributed by atoms with Gasteiger partial charge in [0, 0.05) is 71.9 Å². The van der Waals surface area contributed by atoms with E-state index in [0.29, 0.717) is 35.0 Å². The molecular weight excluding hydrogens is 436 g/mol. The van der Waals surface area contributed by atoms with Gasteiger partial charge in [-0.3, -0.25) is 25.1 Å². The lowest BCUT2D eigenvalue weighted by molar-refractivity contribution is -0.385. The van der Waals surface area contributed by atoms with Gasteiger partial charge in [0.15, 0.2) is 0 Å². The molecule has 0 spiro atoms. The van der Waals surface area contributed by atoms with Crippen molar-refractivity contribution in [1.29, 1.82) is 0 Å². The number of non-ortho nitro benzene ring substituents is 2. The first-order chi connectivity index (χ1) is 15.4. The highest BCUT2D eigenvalue weighted by atomic mass is 35.5. The third-order valence-corrected chi connectivity index (χ3v) is 6.03. The Balaban J connectivity index is 1.83. The van der Waals surface area contributed by atoms with Gasteiger partial charge in [-0.05, 0) is 30.7 Å². The molecule has 4 rings (SSSR count). The Morgan fingerprint density at radius 2 is 1.78 bits per heavy atom. The molecule has 1 aromatic heterocycles. The zero-order valence-electron chi connectivity index (χ0n) is 17.3. The quantitative estimate of drug-likeness (QED) is 0.383. The number of rotatable bonds is 6. The van der Waals surface area contributed by atoms with E-state index in [1.165, 1.54) is 31.4 Å². The summed E-state index contributed by atoms with van der Waals surface area (Å²) in [5, 5.41) is 23.2. The summed E-state index contributed by atoms with van der Waals surface area (Å²) < 4.78 is 7.57. The highest BCUT2D eigenvalue weighted by Gasteiger charge is 2.31. The van der Waals surface area contributed by atoms with E-state index in [4.69, 9.17) is 16.3 Å². The minimum Gasteiger partial charge on any atom is -0.496 e. The standard InChI is InChI=1S/C22H21ClN4O5/c1-32-21-8-6-16(26(28)29)12-15(21)14-25-11-3-10-24-9-2-4-20(24)22(25)18-13-17(27(30)31)5-7-19(18)23/h2,4-9,12-13,22H,3,10-11,14H2,1H3/t22-/m0/s1. The minimum atomic E-state index is -0.441. The van der Waals surface area contributed by atoms with Crippen LogP contribution in [0.25, 0.3) is 0 Å². The van der Waals surface area contributed by atoms with Crippen LogP contribution in [0.1, 0.15) is 29.3 Å². The third-order valence-electron chi connectivity index (χ3n) is 5.69. The second kappa shape index (κ2) is 8.97. The van der Waals surface area contributed by atoms with Crippen LogP contribution in [-0.2, 0) is 13.1 Å². The second-order valence-corrected chi connectivity index (χ2v) is 7.98. The van der Waals surface area contributed by atoms with Gasteiger partial charge in [-0.1, -0.05) is 11.6 Å². The predicted molar refractivity (Wildman–Crippen MR) is 119 cm³/mol. The predicted octanol–water partition coefficient (Wildman–Crippen LogP) is 4.96. The molecule has 2 aromatic carbocycles. The topological polar surface area (TPSA) is 104 Å². The van der Waals surface area contributed by atoms with E-state index in [0.717, 1.165) is 18.7 Å². The number of aromatic nitrogens is 1. The van der Waals surface area contributed by atoms with Crippen molar-refractivity contribution < 1.29 is 14.6 Å². The number of halogens is 1. The summed E-state index contributed by atoms with van der Waals surface area (Å²) in [4.78, 5) is 24.0. The lowest BCUT2D eigenvalue weighted by Crippen LogP contribution is -2.30. The smallest absolute Gasteiger partial charge is 0.270 e. The molecule has 32 heavy (non-hydrogen) atoms. The van der Waals surface area contributed by atoms with Gasteiger partial charge in [0.25, 0.3) is 11.4 Å². The van der Waals surface area contributed by atoms with Crippen LogP contribution in [0.4, 0.5) is 11.4 Å². The molecule has 1 aliphatic heterocycles. The third kappa shape index (κ3) is 4.17. The number of nitro groups is 2. The summed E-state index contributed by atoms with van der Waals surface area (Å²) in [5.41, 5.74) is 2.17. The molecule has 10 heteroatoms. The number of ether oxygens (including phenoxy) is 1. The van der Waals surface area contributed by atoms with Crippen LogP contribution in [0, 0.1) is 20.2 Å². The van der Waals surface area contributed by atoms with Crippen molar-refractivity contribution in [3.05, 3.63) is 96.8 Å². The van der Waals surface area contributed by atoms with Crippen LogP contribution in [0.5, 0.6) is 5.75 Å². The molecule has 9 nitrogen and oxygen atoms in total. The van der Waals surface area contributed by atoms with Gasteiger partial charge in [0.05, 0.1) is 23.0 Å². The van der Waals surface area contributed by atoms with Gasteiger partial charge >= 0.3 is 0 Å². The molecule has 0 saturated heterocycles. The molecule has 0 fully saturated rings. The molecule has 0 bridgehead atoms. The van der Waals surface area contributed by atoms with Crippen LogP contribution in [-0.4, -0.2) is 33.0 Å². The molecule has 2 heterocycles. The molecule has 0 saturated carbocycles. The van der Waals surface area contributed by atoms with Crippen molar-refractivity contribution in [2.24, 2.45) is 0 Å². The number of aryl methyl sites for hydroxylation is 1. The average Bonchev–Trinajstić information content (AvgIpc) is 3.16. The summed E-state index contributed by atoms with van der Waals surface area (Å²) in [6.07, 6.45) is 2.81. The minimum absolute atomic E-state index is 0.0241. The van der Waals surface area contributed by atoms with Crippen LogP contribution in [0.2, 0.25) is 5.02 Å². The first-order valence-electron chi connectivity index (χ1n) is 10.0. The van der Waals surface area contributed by atoms with E-state index in [1.54, 1.807) is 12.1 Å². The van der Waals surface area contributed by atoms with E-state index in [2.05, 4.69) is 9.47 Å². The van der Waals surface area contributed by atoms with Crippen molar-refractivity contribution in [1.82, 2.24) is 9.47 Å². The van der Waals surface area contributed by atoms with Crippen molar-refractivity contribution in [2.75, 3.05) is 13.7 Å². The zero-order valence-corrected chi connectivity index (χ0v) is 18.1. The van der Waals surface area contributed by atoms with E-state index in [1.807, 2.05) is 18.3 Å². The molecule has 0 N–H and O–H groups in total. The number of nitrogens with zero attached hydrogens (tertiary/aromatic N) is 4. The zero-order chi connectivity index (χ0) is 22.8. The fraction of sp³-hybridized carbons (Fsp3) is 0.273. The number of hydrogen-bond donors (Lipinski definition) is 0. The van der Waals surface area contributed by atoms with Gasteiger partial charge in [0.2, 0.25) is 0 Å². The molecule has 3 aromatic rings. The van der Waals surface area contributed by atoms with Crippen molar-refractivity contribution in [3.8, 4) is 5.75 Å². The number of methoxy groups -OCH3 is 1. The normalized spacial score (nSPS) is 16.2. The molecule has 0 unspecified atom stereocenters. The van der Waals surface area contributed by atoms with Gasteiger partial charge in [0.1, 0.15) is 5.75 Å². The fourth-order valence-corrected chi connectivity index (χ4v) is 4.46. The van der Waals surface area contributed by atoms with Crippen LogP contribution in [0.15, 0.2) is 54.7 Å². The lowest BCUT2D eigenvalue weighted by Gasteiger charge is -2.31. The summed E-state index contributed by atoms with van der Waals surface area (Å²) >= 11 is 6.54. The first kappa shape index (κ1) is 21.8. The monoisotopic (exact) mass is 456 g/mol. The van der Waals surface area contributed by atoms with Gasteiger partial charge < -0.3 is 9.30 Å². The maximum absolute atomic E-state index is 11.4. The Hall–Kier alpha value is -3.43. The van der Waals surface area contributed by atoms with Gasteiger partial charge in [-0.15, -0.1) is 0 Å². The van der Waals surface area contributed by atoms with Crippen molar-refractivity contribution in [3.63, 3.8) is 0 Å². The lowest BCUT2D eigenvalue weighted by atomic mass is 10.00. The Morgan fingerprint density at radius 1 is 1.06 bits per heavy atom.